The maximum atomic E-state index is 10.8. The topological polar surface area (TPSA) is 80.4 Å². The van der Waals surface area contributed by atoms with E-state index in [2.05, 4.69) is 15.9 Å². The molecule has 0 saturated carbocycles. The van der Waals surface area contributed by atoms with E-state index in [1.165, 1.54) is 19.1 Å². The van der Waals surface area contributed by atoms with Gasteiger partial charge in [0.1, 0.15) is 0 Å². The highest BCUT2D eigenvalue weighted by Crippen LogP contribution is 2.33. The van der Waals surface area contributed by atoms with Gasteiger partial charge < -0.3 is 5.11 Å². The third-order valence-electron chi connectivity index (χ3n) is 2.03. The lowest BCUT2D eigenvalue weighted by Gasteiger charge is -2.09. The van der Waals surface area contributed by atoms with E-state index in [4.69, 9.17) is 5.11 Å². The van der Waals surface area contributed by atoms with Crippen LogP contribution in [-0.4, -0.2) is 16.0 Å². The zero-order valence-electron chi connectivity index (χ0n) is 7.81. The number of nitro benzene ring substituents is 1. The van der Waals surface area contributed by atoms with Crippen LogP contribution in [-0.2, 0) is 4.79 Å². The summed E-state index contributed by atoms with van der Waals surface area (Å²) in [6.07, 6.45) is 0. The van der Waals surface area contributed by atoms with Gasteiger partial charge in [-0.3, -0.25) is 14.9 Å². The van der Waals surface area contributed by atoms with Gasteiger partial charge in [0.15, 0.2) is 0 Å². The predicted molar refractivity (Wildman–Crippen MR) is 56.8 cm³/mol. The molecule has 1 aromatic carbocycles. The first kappa shape index (κ1) is 11.6. The van der Waals surface area contributed by atoms with Crippen LogP contribution in [0.1, 0.15) is 18.4 Å². The number of halogens is 1. The van der Waals surface area contributed by atoms with Crippen LogP contribution in [0.5, 0.6) is 0 Å². The molecule has 6 heteroatoms. The minimum Gasteiger partial charge on any atom is -0.481 e. The Labute approximate surface area is 94.0 Å². The van der Waals surface area contributed by atoms with Crippen LogP contribution in [0.3, 0.4) is 0 Å². The van der Waals surface area contributed by atoms with E-state index in [0.717, 1.165) is 0 Å². The standard InChI is InChI=1S/C9H8BrNO4/c1-5(9(12)13)8-6(10)3-2-4-7(8)11(14)15/h2-5H,1H3,(H,12,13). The zero-order valence-corrected chi connectivity index (χ0v) is 9.39. The van der Waals surface area contributed by atoms with E-state index in [1.54, 1.807) is 6.07 Å². The summed E-state index contributed by atoms with van der Waals surface area (Å²) in [6.45, 7) is 1.41. The minimum atomic E-state index is -1.09. The maximum Gasteiger partial charge on any atom is 0.310 e. The number of benzene rings is 1. The van der Waals surface area contributed by atoms with Gasteiger partial charge in [0, 0.05) is 10.5 Å². The van der Waals surface area contributed by atoms with Crippen LogP contribution in [0.2, 0.25) is 0 Å². The Morgan fingerprint density at radius 3 is 2.67 bits per heavy atom. The molecular formula is C9H8BrNO4. The Morgan fingerprint density at radius 1 is 1.60 bits per heavy atom. The van der Waals surface area contributed by atoms with Crippen LogP contribution < -0.4 is 0 Å². The lowest BCUT2D eigenvalue weighted by molar-refractivity contribution is -0.385. The summed E-state index contributed by atoms with van der Waals surface area (Å²) in [6, 6.07) is 4.38. The Hall–Kier alpha value is -1.43. The molecule has 1 aromatic rings. The number of aliphatic carboxylic acids is 1. The van der Waals surface area contributed by atoms with Gasteiger partial charge in [0.25, 0.3) is 5.69 Å². The molecule has 0 saturated heterocycles. The number of carbonyl (C=O) groups is 1. The summed E-state index contributed by atoms with van der Waals surface area (Å²) in [5, 5.41) is 19.5. The van der Waals surface area contributed by atoms with Crippen molar-refractivity contribution in [3.63, 3.8) is 0 Å². The van der Waals surface area contributed by atoms with Gasteiger partial charge in [-0.1, -0.05) is 22.0 Å². The molecular weight excluding hydrogens is 266 g/mol. The summed E-state index contributed by atoms with van der Waals surface area (Å²) in [7, 11) is 0. The molecule has 1 N–H and O–H groups in total. The van der Waals surface area contributed by atoms with Gasteiger partial charge in [0.2, 0.25) is 0 Å². The fourth-order valence-electron chi connectivity index (χ4n) is 1.24. The van der Waals surface area contributed by atoms with Gasteiger partial charge in [-0.25, -0.2) is 0 Å². The second kappa shape index (κ2) is 4.39. The van der Waals surface area contributed by atoms with Crippen molar-refractivity contribution in [1.82, 2.24) is 0 Å². The summed E-state index contributed by atoms with van der Waals surface area (Å²) >= 11 is 3.12. The molecule has 0 heterocycles. The fraction of sp³-hybridized carbons (Fsp3) is 0.222. The second-order valence-electron chi connectivity index (χ2n) is 2.99. The van der Waals surface area contributed by atoms with Crippen molar-refractivity contribution in [3.8, 4) is 0 Å². The highest BCUT2D eigenvalue weighted by atomic mass is 79.9. The molecule has 0 bridgehead atoms. The summed E-state index contributed by atoms with van der Waals surface area (Å²) in [5.74, 6) is -2.01. The first-order valence-electron chi connectivity index (χ1n) is 4.10. The smallest absolute Gasteiger partial charge is 0.310 e. The Morgan fingerprint density at radius 2 is 2.20 bits per heavy atom. The molecule has 1 rings (SSSR count). The number of hydrogen-bond donors (Lipinski definition) is 1. The second-order valence-corrected chi connectivity index (χ2v) is 3.84. The monoisotopic (exact) mass is 273 g/mol. The van der Waals surface area contributed by atoms with Crippen molar-refractivity contribution < 1.29 is 14.8 Å². The van der Waals surface area contributed by atoms with Crippen molar-refractivity contribution in [2.75, 3.05) is 0 Å². The highest BCUT2D eigenvalue weighted by molar-refractivity contribution is 9.10. The van der Waals surface area contributed by atoms with Gasteiger partial charge in [-0.05, 0) is 13.0 Å². The number of rotatable bonds is 3. The molecule has 0 amide bonds. The van der Waals surface area contributed by atoms with Gasteiger partial charge in [-0.2, -0.15) is 0 Å². The first-order valence-corrected chi connectivity index (χ1v) is 4.90. The van der Waals surface area contributed by atoms with Crippen molar-refractivity contribution in [2.24, 2.45) is 0 Å². The molecule has 0 spiro atoms. The van der Waals surface area contributed by atoms with Crippen LogP contribution in [0.15, 0.2) is 22.7 Å². The SMILES string of the molecule is CC(C(=O)O)c1c(Br)cccc1[N+](=O)[O-]. The molecule has 15 heavy (non-hydrogen) atoms. The van der Waals surface area contributed by atoms with E-state index < -0.39 is 16.8 Å². The summed E-state index contributed by atoms with van der Waals surface area (Å²) in [5.41, 5.74) is 0.00859. The molecule has 1 unspecified atom stereocenters. The quantitative estimate of drug-likeness (QED) is 0.678. The van der Waals surface area contributed by atoms with E-state index in [0.29, 0.717) is 4.47 Å². The van der Waals surface area contributed by atoms with Crippen molar-refractivity contribution in [1.29, 1.82) is 0 Å². The van der Waals surface area contributed by atoms with Crippen LogP contribution in [0.4, 0.5) is 5.69 Å². The van der Waals surface area contributed by atoms with E-state index in [-0.39, 0.29) is 11.3 Å². The summed E-state index contributed by atoms with van der Waals surface area (Å²) < 4.78 is 0.437. The van der Waals surface area contributed by atoms with E-state index in [1.807, 2.05) is 0 Å². The molecule has 0 radical (unpaired) electrons. The number of nitrogens with zero attached hydrogens (tertiary/aromatic N) is 1. The van der Waals surface area contributed by atoms with Gasteiger partial charge in [0.05, 0.1) is 16.4 Å². The van der Waals surface area contributed by atoms with Crippen molar-refractivity contribution in [3.05, 3.63) is 38.3 Å². The number of carboxylic acid groups (broad SMARTS) is 1. The fourth-order valence-corrected chi connectivity index (χ4v) is 1.94. The number of carboxylic acids is 1. The summed E-state index contributed by atoms with van der Waals surface area (Å²) in [4.78, 5) is 20.9. The van der Waals surface area contributed by atoms with Crippen LogP contribution in [0.25, 0.3) is 0 Å². The molecule has 80 valence electrons. The van der Waals surface area contributed by atoms with Crippen LogP contribution >= 0.6 is 15.9 Å². The zero-order chi connectivity index (χ0) is 11.6. The Kier molecular flexibility index (Phi) is 3.41. The average Bonchev–Trinajstić information content (AvgIpc) is 2.16. The van der Waals surface area contributed by atoms with Gasteiger partial charge in [-0.15, -0.1) is 0 Å². The Bertz CT molecular complexity index is 419. The first-order chi connectivity index (χ1) is 6.95. The van der Waals surface area contributed by atoms with Crippen LogP contribution in [0, 0.1) is 10.1 Å². The Balaban J connectivity index is 3.37. The lowest BCUT2D eigenvalue weighted by Crippen LogP contribution is -2.10. The largest absolute Gasteiger partial charge is 0.481 e. The highest BCUT2D eigenvalue weighted by Gasteiger charge is 2.25. The molecule has 0 fully saturated rings. The van der Waals surface area contributed by atoms with E-state index in [9.17, 15) is 14.9 Å². The average molecular weight is 274 g/mol. The normalized spacial score (nSPS) is 12.1. The molecule has 5 nitrogen and oxygen atoms in total. The molecule has 0 aliphatic rings. The molecule has 0 aliphatic heterocycles. The number of nitro groups is 1. The predicted octanol–water partition coefficient (Wildman–Crippen LogP) is 2.55. The third kappa shape index (κ3) is 2.33. The van der Waals surface area contributed by atoms with Gasteiger partial charge >= 0.3 is 5.97 Å². The molecule has 1 atom stereocenters. The lowest BCUT2D eigenvalue weighted by atomic mass is 10.00. The maximum absolute atomic E-state index is 10.8. The number of hydrogen-bond acceptors (Lipinski definition) is 3. The third-order valence-corrected chi connectivity index (χ3v) is 2.72. The van der Waals surface area contributed by atoms with Crippen molar-refractivity contribution >= 4 is 27.6 Å². The van der Waals surface area contributed by atoms with Crippen molar-refractivity contribution in [2.45, 2.75) is 12.8 Å². The minimum absolute atomic E-state index is 0.181. The molecule has 0 aromatic heterocycles. The van der Waals surface area contributed by atoms with E-state index >= 15 is 0 Å². The molecule has 0 aliphatic carbocycles.